The highest BCUT2D eigenvalue weighted by Crippen LogP contribution is 2.48. The number of rotatable bonds is 6. The molecule has 2 N–H and O–H groups in total. The molecule has 0 fully saturated rings. The smallest absolute Gasteiger partial charge is 0.257 e. The summed E-state index contributed by atoms with van der Waals surface area (Å²) in [5.41, 5.74) is -2.01. The topological polar surface area (TPSA) is 91.3 Å². The quantitative estimate of drug-likeness (QED) is 0.368. The van der Waals surface area contributed by atoms with E-state index in [-0.39, 0.29) is 29.1 Å². The van der Waals surface area contributed by atoms with Crippen molar-refractivity contribution in [2.45, 2.75) is 24.8 Å². The van der Waals surface area contributed by atoms with Crippen molar-refractivity contribution in [3.05, 3.63) is 117 Å². The molecule has 0 bridgehead atoms. The van der Waals surface area contributed by atoms with Gasteiger partial charge < -0.3 is 14.8 Å². The molecule has 0 saturated heterocycles. The zero-order valence-electron chi connectivity index (χ0n) is 19.3. The van der Waals surface area contributed by atoms with E-state index in [2.05, 4.69) is 15.0 Å². The number of amides is 1. The van der Waals surface area contributed by atoms with Crippen LogP contribution in [0.15, 0.2) is 67.1 Å². The van der Waals surface area contributed by atoms with Crippen molar-refractivity contribution in [2.24, 2.45) is 0 Å². The summed E-state index contributed by atoms with van der Waals surface area (Å²) in [6.45, 7) is 1.48. The standard InChI is InChI=1S/C26H21Cl2FN4O3/c1-25(35,24-30-9-10-31-24)16-11-20-22(21(29)12-16)26(36-2,15-3-5-17(27)6-4-15)33(23(20)34)14-19-8-7-18(28)13-32-19/h3-13,35H,14H2,1-2H3,(H,30,31). The van der Waals surface area contributed by atoms with Crippen molar-refractivity contribution in [2.75, 3.05) is 7.11 Å². The minimum Gasteiger partial charge on any atom is -0.377 e. The normalized spacial score (nSPS) is 18.8. The van der Waals surface area contributed by atoms with E-state index in [1.54, 1.807) is 42.6 Å². The second-order valence-corrected chi connectivity index (χ2v) is 9.48. The van der Waals surface area contributed by atoms with Crippen LogP contribution in [0.25, 0.3) is 0 Å². The molecular weight excluding hydrogens is 506 g/mol. The third-order valence-corrected chi connectivity index (χ3v) is 6.92. The number of aliphatic hydroxyl groups is 1. The first kappa shape index (κ1) is 24.4. The lowest BCUT2D eigenvalue weighted by Crippen LogP contribution is -2.46. The fraction of sp³-hybridized carbons (Fsp3) is 0.192. The number of methoxy groups -OCH3 is 1. The molecule has 1 amide bonds. The van der Waals surface area contributed by atoms with E-state index < -0.39 is 23.1 Å². The number of halogens is 3. The summed E-state index contributed by atoms with van der Waals surface area (Å²) in [6, 6.07) is 12.7. The number of imidazole rings is 1. The predicted octanol–water partition coefficient (Wildman–Crippen LogP) is 5.01. The number of hydrogen-bond donors (Lipinski definition) is 2. The molecule has 2 unspecified atom stereocenters. The van der Waals surface area contributed by atoms with Gasteiger partial charge in [0.15, 0.2) is 5.72 Å². The lowest BCUT2D eigenvalue weighted by Gasteiger charge is -2.38. The van der Waals surface area contributed by atoms with Gasteiger partial charge in [0.25, 0.3) is 5.91 Å². The van der Waals surface area contributed by atoms with Gasteiger partial charge in [-0.25, -0.2) is 9.37 Å². The highest BCUT2D eigenvalue weighted by atomic mass is 35.5. The van der Waals surface area contributed by atoms with Gasteiger partial charge in [-0.1, -0.05) is 35.3 Å². The van der Waals surface area contributed by atoms with Crippen LogP contribution in [0.2, 0.25) is 10.0 Å². The number of benzene rings is 2. The molecule has 7 nitrogen and oxygen atoms in total. The van der Waals surface area contributed by atoms with Crippen molar-refractivity contribution >= 4 is 29.1 Å². The number of nitrogens with one attached hydrogen (secondary N) is 1. The Morgan fingerprint density at radius 1 is 1.14 bits per heavy atom. The third-order valence-electron chi connectivity index (χ3n) is 6.45. The number of carbonyl (C=O) groups is 1. The van der Waals surface area contributed by atoms with E-state index in [1.165, 1.54) is 43.5 Å². The molecule has 1 aliphatic heterocycles. The molecule has 4 aromatic rings. The summed E-state index contributed by atoms with van der Waals surface area (Å²) < 4.78 is 22.0. The summed E-state index contributed by atoms with van der Waals surface area (Å²) >= 11 is 12.1. The van der Waals surface area contributed by atoms with Crippen LogP contribution in [-0.4, -0.2) is 38.0 Å². The number of pyridine rings is 1. The number of H-pyrrole nitrogens is 1. The number of aromatic amines is 1. The number of aromatic nitrogens is 3. The fourth-order valence-electron chi connectivity index (χ4n) is 4.64. The number of ether oxygens (including phenoxy) is 1. The predicted molar refractivity (Wildman–Crippen MR) is 132 cm³/mol. The first-order valence-electron chi connectivity index (χ1n) is 11.0. The number of fused-ring (bicyclic) bond motifs is 1. The van der Waals surface area contributed by atoms with Gasteiger partial charge in [0, 0.05) is 36.3 Å². The van der Waals surface area contributed by atoms with Crippen LogP contribution in [0, 0.1) is 5.82 Å². The number of hydrogen-bond acceptors (Lipinski definition) is 5. The second kappa shape index (κ2) is 8.97. The van der Waals surface area contributed by atoms with Gasteiger partial charge in [0.1, 0.15) is 17.2 Å². The molecule has 5 rings (SSSR count). The van der Waals surface area contributed by atoms with Crippen LogP contribution in [0.4, 0.5) is 4.39 Å². The van der Waals surface area contributed by atoms with E-state index in [0.29, 0.717) is 21.3 Å². The molecule has 0 radical (unpaired) electrons. The van der Waals surface area contributed by atoms with Gasteiger partial charge in [-0.3, -0.25) is 14.7 Å². The average molecular weight is 527 g/mol. The Morgan fingerprint density at radius 2 is 1.86 bits per heavy atom. The molecule has 2 atom stereocenters. The summed E-state index contributed by atoms with van der Waals surface area (Å²) in [7, 11) is 1.41. The van der Waals surface area contributed by atoms with Crippen LogP contribution < -0.4 is 0 Å². The molecular formula is C26H21Cl2FN4O3. The van der Waals surface area contributed by atoms with Crippen molar-refractivity contribution in [3.63, 3.8) is 0 Å². The van der Waals surface area contributed by atoms with Crippen molar-refractivity contribution < 1.29 is 19.0 Å². The van der Waals surface area contributed by atoms with Crippen molar-refractivity contribution in [1.29, 1.82) is 0 Å². The monoisotopic (exact) mass is 526 g/mol. The van der Waals surface area contributed by atoms with Gasteiger partial charge in [0.2, 0.25) is 0 Å². The Hall–Kier alpha value is -3.30. The highest BCUT2D eigenvalue weighted by Gasteiger charge is 2.54. The molecule has 0 aliphatic carbocycles. The van der Waals surface area contributed by atoms with E-state index in [9.17, 15) is 9.90 Å². The molecule has 184 valence electrons. The van der Waals surface area contributed by atoms with Crippen LogP contribution in [0.5, 0.6) is 0 Å². The van der Waals surface area contributed by atoms with Crippen molar-refractivity contribution in [1.82, 2.24) is 19.9 Å². The second-order valence-electron chi connectivity index (χ2n) is 8.60. The first-order chi connectivity index (χ1) is 17.2. The van der Waals surface area contributed by atoms with Gasteiger partial charge in [-0.2, -0.15) is 0 Å². The largest absolute Gasteiger partial charge is 0.377 e. The maximum Gasteiger partial charge on any atom is 0.257 e. The zero-order valence-corrected chi connectivity index (χ0v) is 20.8. The number of nitrogens with zero attached hydrogens (tertiary/aromatic N) is 3. The molecule has 0 spiro atoms. The fourth-order valence-corrected chi connectivity index (χ4v) is 4.88. The lowest BCUT2D eigenvalue weighted by molar-refractivity contribution is -0.0886. The summed E-state index contributed by atoms with van der Waals surface area (Å²) in [6.07, 6.45) is 4.51. The van der Waals surface area contributed by atoms with Gasteiger partial charge in [0.05, 0.1) is 28.4 Å². The molecule has 0 saturated carbocycles. The Labute approximate surface area is 216 Å². The Bertz CT molecular complexity index is 1430. The van der Waals surface area contributed by atoms with Crippen LogP contribution in [0.1, 0.15) is 45.5 Å². The maximum atomic E-state index is 16.0. The molecule has 3 heterocycles. The highest BCUT2D eigenvalue weighted by molar-refractivity contribution is 6.30. The molecule has 2 aromatic heterocycles. The van der Waals surface area contributed by atoms with Crippen molar-refractivity contribution in [3.8, 4) is 0 Å². The van der Waals surface area contributed by atoms with Crippen LogP contribution >= 0.6 is 23.2 Å². The summed E-state index contributed by atoms with van der Waals surface area (Å²) in [5.74, 6) is -0.995. The molecule has 10 heteroatoms. The zero-order chi connectivity index (χ0) is 25.7. The van der Waals surface area contributed by atoms with Gasteiger partial charge in [-0.15, -0.1) is 0 Å². The summed E-state index contributed by atoms with van der Waals surface area (Å²) in [4.78, 5) is 26.6. The van der Waals surface area contributed by atoms with E-state index >= 15 is 4.39 Å². The Morgan fingerprint density at radius 3 is 2.47 bits per heavy atom. The van der Waals surface area contributed by atoms with E-state index in [1.807, 2.05) is 0 Å². The first-order valence-corrected chi connectivity index (χ1v) is 11.7. The average Bonchev–Trinajstić information content (AvgIpc) is 3.49. The van der Waals surface area contributed by atoms with Crippen LogP contribution in [0.3, 0.4) is 0 Å². The Balaban J connectivity index is 1.72. The lowest BCUT2D eigenvalue weighted by atomic mass is 9.87. The maximum absolute atomic E-state index is 16.0. The number of carbonyl (C=O) groups excluding carboxylic acids is 1. The minimum absolute atomic E-state index is 0.00446. The minimum atomic E-state index is -1.68. The molecule has 1 aliphatic rings. The summed E-state index contributed by atoms with van der Waals surface area (Å²) in [5, 5.41) is 12.1. The van der Waals surface area contributed by atoms with E-state index in [0.717, 1.165) is 0 Å². The third kappa shape index (κ3) is 3.77. The molecule has 2 aromatic carbocycles. The van der Waals surface area contributed by atoms with E-state index in [4.69, 9.17) is 27.9 Å². The van der Waals surface area contributed by atoms with Crippen LogP contribution in [-0.2, 0) is 22.6 Å². The van der Waals surface area contributed by atoms with Gasteiger partial charge in [-0.05, 0) is 48.9 Å². The Kier molecular flexibility index (Phi) is 6.08. The SMILES string of the molecule is COC1(c2ccc(Cl)cc2)c2c(F)cc(C(C)(O)c3ncc[nH]3)cc2C(=O)N1Cc1ccc(Cl)cn1. The molecule has 36 heavy (non-hydrogen) atoms. The van der Waals surface area contributed by atoms with Gasteiger partial charge >= 0.3 is 0 Å².